The Morgan fingerprint density at radius 2 is 2.05 bits per heavy atom. The van der Waals surface area contributed by atoms with Gasteiger partial charge >= 0.3 is 0 Å². The minimum absolute atomic E-state index is 0.149. The summed E-state index contributed by atoms with van der Waals surface area (Å²) in [4.78, 5) is 7.89. The maximum Gasteiger partial charge on any atom is 0.244 e. The molecular weight excluding hydrogens is 252 g/mol. The second-order valence-electron chi connectivity index (χ2n) is 3.50. The van der Waals surface area contributed by atoms with Gasteiger partial charge in [0, 0.05) is 32.7 Å². The predicted molar refractivity (Wildman–Crippen MR) is 67.3 cm³/mol. The van der Waals surface area contributed by atoms with Crippen molar-refractivity contribution in [1.29, 1.82) is 0 Å². The number of nitrogens with zero attached hydrogens (tertiary/aromatic N) is 3. The Kier molecular flexibility index (Phi) is 7.21. The second-order valence-corrected chi connectivity index (χ2v) is 3.50. The fourth-order valence-electron chi connectivity index (χ4n) is 1.26. The highest BCUT2D eigenvalue weighted by atomic mass is 16.5. The molecular formula is C11H18N4O4. The number of ether oxygens (including phenoxy) is 3. The van der Waals surface area contributed by atoms with Crippen molar-refractivity contribution >= 4 is 5.84 Å². The van der Waals surface area contributed by atoms with Crippen LogP contribution < -0.4 is 10.5 Å². The van der Waals surface area contributed by atoms with Crippen molar-refractivity contribution in [3.05, 3.63) is 18.1 Å². The fraction of sp³-hybridized carbons (Fsp3) is 0.545. The van der Waals surface area contributed by atoms with Gasteiger partial charge in [-0.1, -0.05) is 5.16 Å². The molecule has 0 atom stereocenters. The highest BCUT2D eigenvalue weighted by molar-refractivity contribution is 5.97. The number of amidine groups is 1. The molecule has 8 heteroatoms. The van der Waals surface area contributed by atoms with Crippen LogP contribution in [0.4, 0.5) is 0 Å². The number of oxime groups is 1. The Morgan fingerprint density at radius 1 is 1.26 bits per heavy atom. The third kappa shape index (κ3) is 5.49. The Bertz CT molecular complexity index is 400. The zero-order chi connectivity index (χ0) is 13.9. The van der Waals surface area contributed by atoms with Crippen LogP contribution in [0.2, 0.25) is 0 Å². The maximum atomic E-state index is 8.61. The van der Waals surface area contributed by atoms with E-state index in [1.54, 1.807) is 7.11 Å². The van der Waals surface area contributed by atoms with Crippen molar-refractivity contribution < 1.29 is 19.4 Å². The molecule has 0 aliphatic heterocycles. The van der Waals surface area contributed by atoms with Gasteiger partial charge in [-0.2, -0.15) is 0 Å². The fourth-order valence-corrected chi connectivity index (χ4v) is 1.26. The van der Waals surface area contributed by atoms with E-state index in [1.165, 1.54) is 12.4 Å². The first-order valence-corrected chi connectivity index (χ1v) is 5.78. The minimum atomic E-state index is -0.149. The molecule has 0 spiro atoms. The molecule has 0 fully saturated rings. The van der Waals surface area contributed by atoms with Gasteiger partial charge in [-0.05, 0) is 6.42 Å². The molecule has 0 unspecified atom stereocenters. The van der Waals surface area contributed by atoms with Crippen LogP contribution in [0.15, 0.2) is 17.5 Å². The van der Waals surface area contributed by atoms with Crippen LogP contribution in [0.1, 0.15) is 12.1 Å². The zero-order valence-electron chi connectivity index (χ0n) is 10.8. The van der Waals surface area contributed by atoms with Crippen LogP contribution in [-0.4, -0.2) is 54.5 Å². The van der Waals surface area contributed by atoms with Gasteiger partial charge in [-0.25, -0.2) is 9.97 Å². The Labute approximate surface area is 111 Å². The minimum Gasteiger partial charge on any atom is -0.474 e. The molecule has 0 saturated carbocycles. The average Bonchev–Trinajstić information content (AvgIpc) is 2.46. The quantitative estimate of drug-likeness (QED) is 0.213. The Balaban J connectivity index is 2.33. The van der Waals surface area contributed by atoms with Crippen LogP contribution in [-0.2, 0) is 9.47 Å². The van der Waals surface area contributed by atoms with E-state index in [4.69, 9.17) is 25.2 Å². The molecule has 1 rings (SSSR count). The number of methoxy groups -OCH3 is 1. The highest BCUT2D eigenvalue weighted by Gasteiger charge is 2.10. The molecule has 3 N–H and O–H groups in total. The SMILES string of the molecule is COCCCOCCOc1nccnc1C(N)=NO. The zero-order valence-corrected chi connectivity index (χ0v) is 10.8. The van der Waals surface area contributed by atoms with Crippen LogP contribution in [0, 0.1) is 0 Å². The van der Waals surface area contributed by atoms with Crippen molar-refractivity contribution in [2.75, 3.05) is 33.5 Å². The summed E-state index contributed by atoms with van der Waals surface area (Å²) in [5.41, 5.74) is 5.65. The standard InChI is InChI=1S/C11H18N4O4/c1-17-5-2-6-18-7-8-19-11-9(10(12)15-16)13-3-4-14-11/h3-4,16H,2,5-8H2,1H3,(H2,12,15). The summed E-state index contributed by atoms with van der Waals surface area (Å²) in [6.07, 6.45) is 3.72. The van der Waals surface area contributed by atoms with Crippen LogP contribution in [0.25, 0.3) is 0 Å². The van der Waals surface area contributed by atoms with Crippen molar-refractivity contribution in [3.63, 3.8) is 0 Å². The van der Waals surface area contributed by atoms with Gasteiger partial charge in [0.1, 0.15) is 6.61 Å². The summed E-state index contributed by atoms with van der Waals surface area (Å²) in [5.74, 6) is 0.0578. The molecule has 0 radical (unpaired) electrons. The van der Waals surface area contributed by atoms with Gasteiger partial charge in [0.05, 0.1) is 6.61 Å². The lowest BCUT2D eigenvalue weighted by Crippen LogP contribution is -2.18. The number of rotatable bonds is 9. The Hall–Kier alpha value is -1.93. The molecule has 0 bridgehead atoms. The van der Waals surface area contributed by atoms with E-state index in [9.17, 15) is 0 Å². The predicted octanol–water partition coefficient (Wildman–Crippen LogP) is 0.00300. The van der Waals surface area contributed by atoms with Crippen molar-refractivity contribution in [2.24, 2.45) is 10.9 Å². The molecule has 0 saturated heterocycles. The number of aromatic nitrogens is 2. The van der Waals surface area contributed by atoms with Crippen LogP contribution in [0.5, 0.6) is 5.88 Å². The smallest absolute Gasteiger partial charge is 0.244 e. The molecule has 1 aromatic rings. The summed E-state index contributed by atoms with van der Waals surface area (Å²) >= 11 is 0. The maximum absolute atomic E-state index is 8.61. The molecule has 0 aromatic carbocycles. The van der Waals surface area contributed by atoms with Gasteiger partial charge in [0.25, 0.3) is 0 Å². The van der Waals surface area contributed by atoms with E-state index in [-0.39, 0.29) is 17.4 Å². The lowest BCUT2D eigenvalue weighted by Gasteiger charge is -2.08. The van der Waals surface area contributed by atoms with Gasteiger partial charge in [-0.15, -0.1) is 0 Å². The largest absolute Gasteiger partial charge is 0.474 e. The molecule has 106 valence electrons. The van der Waals surface area contributed by atoms with E-state index in [0.29, 0.717) is 26.4 Å². The molecule has 8 nitrogen and oxygen atoms in total. The van der Waals surface area contributed by atoms with Gasteiger partial charge in [-0.3, -0.25) is 0 Å². The lowest BCUT2D eigenvalue weighted by molar-refractivity contribution is 0.0794. The number of hydrogen-bond donors (Lipinski definition) is 2. The summed E-state index contributed by atoms with van der Waals surface area (Å²) in [6, 6.07) is 0. The molecule has 0 aliphatic rings. The van der Waals surface area contributed by atoms with Crippen molar-refractivity contribution in [2.45, 2.75) is 6.42 Å². The number of nitrogens with two attached hydrogens (primary N) is 1. The monoisotopic (exact) mass is 270 g/mol. The van der Waals surface area contributed by atoms with Gasteiger partial charge in [0.15, 0.2) is 11.5 Å². The first-order chi connectivity index (χ1) is 9.29. The molecule has 0 aliphatic carbocycles. The van der Waals surface area contributed by atoms with Crippen molar-refractivity contribution in [1.82, 2.24) is 9.97 Å². The van der Waals surface area contributed by atoms with E-state index < -0.39 is 0 Å². The highest BCUT2D eigenvalue weighted by Crippen LogP contribution is 2.10. The third-order valence-electron chi connectivity index (χ3n) is 2.12. The van der Waals surface area contributed by atoms with Gasteiger partial charge < -0.3 is 25.2 Å². The lowest BCUT2D eigenvalue weighted by atomic mass is 10.4. The normalized spacial score (nSPS) is 11.5. The molecule has 0 amide bonds. The topological polar surface area (TPSA) is 112 Å². The Morgan fingerprint density at radius 3 is 2.79 bits per heavy atom. The summed E-state index contributed by atoms with van der Waals surface area (Å²) in [6.45, 7) is 1.98. The average molecular weight is 270 g/mol. The van der Waals surface area contributed by atoms with Gasteiger partial charge in [0.2, 0.25) is 5.88 Å². The first kappa shape index (κ1) is 15.1. The van der Waals surface area contributed by atoms with Crippen LogP contribution >= 0.6 is 0 Å². The number of hydrogen-bond acceptors (Lipinski definition) is 7. The molecule has 19 heavy (non-hydrogen) atoms. The summed E-state index contributed by atoms with van der Waals surface area (Å²) in [7, 11) is 1.64. The molecule has 1 aromatic heterocycles. The third-order valence-corrected chi connectivity index (χ3v) is 2.12. The molecule has 1 heterocycles. The van der Waals surface area contributed by atoms with E-state index in [1.807, 2.05) is 0 Å². The van der Waals surface area contributed by atoms with E-state index >= 15 is 0 Å². The summed E-state index contributed by atoms with van der Waals surface area (Å²) < 4.78 is 15.6. The summed E-state index contributed by atoms with van der Waals surface area (Å²) in [5, 5.41) is 11.5. The van der Waals surface area contributed by atoms with E-state index in [0.717, 1.165) is 6.42 Å². The second kappa shape index (κ2) is 9.06. The van der Waals surface area contributed by atoms with Crippen LogP contribution in [0.3, 0.4) is 0 Å². The van der Waals surface area contributed by atoms with E-state index in [2.05, 4.69) is 15.1 Å². The van der Waals surface area contributed by atoms with Crippen molar-refractivity contribution in [3.8, 4) is 5.88 Å². The first-order valence-electron chi connectivity index (χ1n) is 5.78.